The predicted octanol–water partition coefficient (Wildman–Crippen LogP) is 5.98. The van der Waals surface area contributed by atoms with Crippen LogP contribution in [0.4, 0.5) is 0 Å². The van der Waals surface area contributed by atoms with Gasteiger partial charge in [0.15, 0.2) is 5.76 Å². The highest BCUT2D eigenvalue weighted by atomic mass is 35.5. The second kappa shape index (κ2) is 9.22. The van der Waals surface area contributed by atoms with Crippen LogP contribution >= 0.6 is 23.2 Å². The summed E-state index contributed by atoms with van der Waals surface area (Å²) in [7, 11) is 3.15. The van der Waals surface area contributed by atoms with Crippen LogP contribution in [0.5, 0.6) is 23.0 Å². The van der Waals surface area contributed by atoms with Crippen molar-refractivity contribution in [1.82, 2.24) is 4.90 Å². The van der Waals surface area contributed by atoms with Crippen molar-refractivity contribution in [1.29, 1.82) is 0 Å². The largest absolute Gasteiger partial charge is 0.497 e. The van der Waals surface area contributed by atoms with Gasteiger partial charge in [0.05, 0.1) is 35.4 Å². The maximum atomic E-state index is 13.1. The van der Waals surface area contributed by atoms with E-state index in [4.69, 9.17) is 42.1 Å². The number of methoxy groups -OCH3 is 2. The number of halogens is 2. The molecule has 0 unspecified atom stereocenters. The molecule has 3 aromatic rings. The molecule has 0 bridgehead atoms. The fourth-order valence-corrected chi connectivity index (χ4v) is 4.40. The predicted molar refractivity (Wildman–Crippen MR) is 130 cm³/mol. The summed E-state index contributed by atoms with van der Waals surface area (Å²) in [6.07, 6.45) is 1.68. The van der Waals surface area contributed by atoms with E-state index in [0.717, 1.165) is 11.1 Å². The number of Topliss-reactive ketones (excluding diaryl/α,β-unsaturated/α-hetero) is 1. The van der Waals surface area contributed by atoms with Gasteiger partial charge in [0.2, 0.25) is 5.78 Å². The fraction of sp³-hybridized carbons (Fsp3) is 0.192. The third kappa shape index (κ3) is 4.20. The van der Waals surface area contributed by atoms with E-state index >= 15 is 0 Å². The van der Waals surface area contributed by atoms with Crippen molar-refractivity contribution < 1.29 is 23.7 Å². The number of allylic oxidation sites excluding steroid dienone is 1. The van der Waals surface area contributed by atoms with Crippen molar-refractivity contribution in [3.05, 3.63) is 86.6 Å². The topological polar surface area (TPSA) is 57.2 Å². The van der Waals surface area contributed by atoms with Gasteiger partial charge in [-0.1, -0.05) is 29.3 Å². The number of benzene rings is 3. The first-order chi connectivity index (χ1) is 16.5. The Morgan fingerprint density at radius 2 is 1.88 bits per heavy atom. The lowest BCUT2D eigenvalue weighted by Crippen LogP contribution is -2.31. The average Bonchev–Trinajstić information content (AvgIpc) is 3.17. The molecule has 0 N–H and O–H groups in total. The summed E-state index contributed by atoms with van der Waals surface area (Å²) in [5.74, 6) is 2.53. The number of hydrogen-bond acceptors (Lipinski definition) is 6. The van der Waals surface area contributed by atoms with E-state index in [9.17, 15) is 4.79 Å². The van der Waals surface area contributed by atoms with Gasteiger partial charge in [0.1, 0.15) is 29.7 Å². The zero-order valence-corrected chi connectivity index (χ0v) is 20.1. The third-order valence-corrected chi connectivity index (χ3v) is 6.54. The number of fused-ring (bicyclic) bond motifs is 3. The molecule has 34 heavy (non-hydrogen) atoms. The molecule has 0 spiro atoms. The summed E-state index contributed by atoms with van der Waals surface area (Å²) in [4.78, 5) is 15.2. The lowest BCUT2D eigenvalue weighted by atomic mass is 10.0. The lowest BCUT2D eigenvalue weighted by molar-refractivity contribution is 0.0873. The molecule has 2 aliphatic heterocycles. The van der Waals surface area contributed by atoms with E-state index in [1.165, 1.54) is 0 Å². The maximum Gasteiger partial charge on any atom is 0.231 e. The van der Waals surface area contributed by atoms with E-state index in [2.05, 4.69) is 4.90 Å². The Bertz CT molecular complexity index is 1320. The Morgan fingerprint density at radius 3 is 2.65 bits per heavy atom. The van der Waals surface area contributed by atoms with Crippen LogP contribution in [0, 0.1) is 0 Å². The van der Waals surface area contributed by atoms with Gasteiger partial charge >= 0.3 is 0 Å². The lowest BCUT2D eigenvalue weighted by Gasteiger charge is -2.29. The van der Waals surface area contributed by atoms with Gasteiger partial charge in [-0.05, 0) is 48.0 Å². The van der Waals surface area contributed by atoms with E-state index in [-0.39, 0.29) is 11.5 Å². The second-order valence-electron chi connectivity index (χ2n) is 7.98. The number of nitrogens with zero attached hydrogens (tertiary/aromatic N) is 1. The molecule has 0 fully saturated rings. The number of rotatable bonds is 5. The van der Waals surface area contributed by atoms with Gasteiger partial charge < -0.3 is 18.9 Å². The summed E-state index contributed by atoms with van der Waals surface area (Å²) in [6, 6.07) is 14.5. The zero-order chi connectivity index (χ0) is 23.8. The molecule has 6 nitrogen and oxygen atoms in total. The number of ether oxygens (including phenoxy) is 4. The van der Waals surface area contributed by atoms with Crippen LogP contribution in [0.25, 0.3) is 6.08 Å². The molecule has 0 radical (unpaired) electrons. The van der Waals surface area contributed by atoms with Crippen molar-refractivity contribution in [3.8, 4) is 23.0 Å². The molecule has 3 aromatic carbocycles. The highest BCUT2D eigenvalue weighted by molar-refractivity contribution is 6.42. The highest BCUT2D eigenvalue weighted by Crippen LogP contribution is 2.42. The number of carbonyl (C=O) groups excluding carboxylic acids is 1. The summed E-state index contributed by atoms with van der Waals surface area (Å²) in [5.41, 5.74) is 3.07. The van der Waals surface area contributed by atoms with Crippen LogP contribution in [-0.4, -0.2) is 31.6 Å². The Morgan fingerprint density at radius 1 is 1.03 bits per heavy atom. The summed E-state index contributed by atoms with van der Waals surface area (Å²) < 4.78 is 22.8. The minimum Gasteiger partial charge on any atom is -0.497 e. The van der Waals surface area contributed by atoms with Gasteiger partial charge in [-0.25, -0.2) is 0 Å². The molecule has 5 rings (SSSR count). The molecule has 0 atom stereocenters. The molecule has 0 aliphatic carbocycles. The monoisotopic (exact) mass is 497 g/mol. The molecule has 2 aliphatic rings. The van der Waals surface area contributed by atoms with Gasteiger partial charge in [-0.3, -0.25) is 9.69 Å². The minimum atomic E-state index is -0.183. The van der Waals surface area contributed by atoms with Crippen molar-refractivity contribution in [3.63, 3.8) is 0 Å². The summed E-state index contributed by atoms with van der Waals surface area (Å²) in [5, 5.41) is 1.03. The maximum absolute atomic E-state index is 13.1. The first kappa shape index (κ1) is 22.6. The Hall–Kier alpha value is -3.19. The highest BCUT2D eigenvalue weighted by Gasteiger charge is 2.33. The summed E-state index contributed by atoms with van der Waals surface area (Å²) in [6.45, 7) is 1.58. The number of hydrogen-bond donors (Lipinski definition) is 0. The Balaban J connectivity index is 1.42. The smallest absolute Gasteiger partial charge is 0.231 e. The van der Waals surface area contributed by atoms with Crippen molar-refractivity contribution in [2.24, 2.45) is 0 Å². The molecule has 2 heterocycles. The molecule has 0 aromatic heterocycles. The van der Waals surface area contributed by atoms with Crippen molar-refractivity contribution in [2.75, 3.05) is 21.0 Å². The van der Waals surface area contributed by atoms with Crippen molar-refractivity contribution >= 4 is 35.1 Å². The molecule has 8 heteroatoms. The first-order valence-electron chi connectivity index (χ1n) is 10.6. The van der Waals surface area contributed by atoms with Crippen LogP contribution in [0.2, 0.25) is 10.0 Å². The van der Waals surface area contributed by atoms with Crippen molar-refractivity contribution in [2.45, 2.75) is 13.1 Å². The van der Waals surface area contributed by atoms with Crippen LogP contribution in [0.15, 0.2) is 54.3 Å². The van der Waals surface area contributed by atoms with Crippen LogP contribution in [-0.2, 0) is 13.1 Å². The molecular formula is C26H21Cl2NO5. The number of ketones is 1. The van der Waals surface area contributed by atoms with Crippen LogP contribution in [0.3, 0.4) is 0 Å². The molecule has 0 saturated heterocycles. The number of carbonyl (C=O) groups is 1. The van der Waals surface area contributed by atoms with Crippen LogP contribution < -0.4 is 18.9 Å². The molecule has 0 amide bonds. The van der Waals surface area contributed by atoms with E-state index < -0.39 is 0 Å². The Kier molecular flexibility index (Phi) is 6.13. The third-order valence-electron chi connectivity index (χ3n) is 5.80. The minimum absolute atomic E-state index is 0.183. The standard InChI is InChI=1S/C26H21Cl2NO5/c1-31-17-5-4-16(23(11-17)32-2)10-24-25(30)18-6-8-22-19(26(18)34-24)13-29(14-33-22)12-15-3-7-20(27)21(28)9-15/h3-11H,12-14H2,1-2H3/b24-10-. The fourth-order valence-electron chi connectivity index (χ4n) is 4.08. The zero-order valence-electron chi connectivity index (χ0n) is 18.6. The van der Waals surface area contributed by atoms with E-state index in [1.807, 2.05) is 24.3 Å². The first-order valence-corrected chi connectivity index (χ1v) is 11.3. The van der Waals surface area contributed by atoms with Gasteiger partial charge in [0.25, 0.3) is 0 Å². The van der Waals surface area contributed by atoms with E-state index in [1.54, 1.807) is 44.6 Å². The SMILES string of the molecule is COc1ccc(/C=C2\Oc3c(ccc4c3CN(Cc3ccc(Cl)c(Cl)c3)CO4)C2=O)c(OC)c1. The second-order valence-corrected chi connectivity index (χ2v) is 8.79. The molecule has 174 valence electrons. The van der Waals surface area contributed by atoms with Gasteiger partial charge in [-0.2, -0.15) is 0 Å². The van der Waals surface area contributed by atoms with E-state index in [0.29, 0.717) is 64.0 Å². The average molecular weight is 498 g/mol. The van der Waals surface area contributed by atoms with Gasteiger partial charge in [-0.15, -0.1) is 0 Å². The molecular weight excluding hydrogens is 477 g/mol. The van der Waals surface area contributed by atoms with Gasteiger partial charge in [0, 0.05) is 24.7 Å². The summed E-state index contributed by atoms with van der Waals surface area (Å²) >= 11 is 12.2. The van der Waals surface area contributed by atoms with Crippen LogP contribution in [0.1, 0.15) is 27.0 Å². The Labute approximate surface area is 207 Å². The quantitative estimate of drug-likeness (QED) is 0.404. The molecule has 0 saturated carbocycles. The normalized spacial score (nSPS) is 16.0.